The predicted octanol–water partition coefficient (Wildman–Crippen LogP) is 4.90. The number of hydrogen-bond donors (Lipinski definition) is 2. The van der Waals surface area contributed by atoms with Crippen molar-refractivity contribution in [1.29, 1.82) is 0 Å². The fourth-order valence-corrected chi connectivity index (χ4v) is 5.60. The van der Waals surface area contributed by atoms with E-state index in [1.807, 2.05) is 0 Å². The van der Waals surface area contributed by atoms with Gasteiger partial charge in [0.05, 0.1) is 5.56 Å². The lowest BCUT2D eigenvalue weighted by Gasteiger charge is -2.41. The second-order valence-electron chi connectivity index (χ2n) is 8.41. The summed E-state index contributed by atoms with van der Waals surface area (Å²) in [6.45, 7) is 10.4. The highest BCUT2D eigenvalue weighted by atomic mass is 32.1. The van der Waals surface area contributed by atoms with Gasteiger partial charge in [-0.05, 0) is 62.4 Å². The Kier molecular flexibility index (Phi) is 5.75. The number of nitrogens with zero attached hydrogens (tertiary/aromatic N) is 1. The minimum absolute atomic E-state index is 0.187. The molecular weight excluding hydrogens is 366 g/mol. The molecule has 1 fully saturated rings. The number of thiophene rings is 1. The molecule has 0 radical (unpaired) electrons. The van der Waals surface area contributed by atoms with Gasteiger partial charge in [-0.2, -0.15) is 0 Å². The van der Waals surface area contributed by atoms with Gasteiger partial charge in [-0.3, -0.25) is 0 Å². The molecule has 0 bridgehead atoms. The van der Waals surface area contributed by atoms with Crippen LogP contribution in [0.25, 0.3) is 0 Å². The average Bonchev–Trinajstić information content (AvgIpc) is 2.90. The minimum atomic E-state index is -0.767. The number of rotatable bonds is 6. The van der Waals surface area contributed by atoms with Gasteiger partial charge in [-0.15, -0.1) is 11.3 Å². The number of thiol groups is 1. The molecule has 1 unspecified atom stereocenters. The Morgan fingerprint density at radius 3 is 2.77 bits per heavy atom. The largest absolute Gasteiger partial charge is 0.478 e. The number of carboxylic acid groups (broad SMARTS) is 1. The van der Waals surface area contributed by atoms with E-state index >= 15 is 0 Å². The van der Waals surface area contributed by atoms with Crippen LogP contribution in [0.1, 0.15) is 72.1 Å². The third-order valence-electron chi connectivity index (χ3n) is 5.72. The van der Waals surface area contributed by atoms with E-state index in [1.54, 1.807) is 11.3 Å². The number of carbonyl (C=O) groups is 1. The molecule has 4 nitrogen and oxygen atoms in total. The molecule has 0 spiro atoms. The summed E-state index contributed by atoms with van der Waals surface area (Å²) in [5, 5.41) is 9.91. The molecule has 2 aliphatic rings. The number of allylic oxidation sites excluding steroid dienone is 2. The van der Waals surface area contributed by atoms with E-state index in [4.69, 9.17) is 4.18 Å². The molecule has 1 saturated heterocycles. The van der Waals surface area contributed by atoms with Crippen LogP contribution < -0.4 is 0 Å². The molecule has 1 aliphatic carbocycles. The van der Waals surface area contributed by atoms with E-state index in [1.165, 1.54) is 10.6 Å². The van der Waals surface area contributed by atoms with Crippen LogP contribution >= 0.6 is 24.2 Å². The van der Waals surface area contributed by atoms with Crippen LogP contribution in [0.3, 0.4) is 0 Å². The average molecular weight is 396 g/mol. The molecule has 26 heavy (non-hydrogen) atoms. The Morgan fingerprint density at radius 2 is 2.19 bits per heavy atom. The van der Waals surface area contributed by atoms with Crippen LogP contribution in [0.15, 0.2) is 11.8 Å². The Bertz CT molecular complexity index is 717. The molecule has 0 amide bonds. The Hall–Kier alpha value is -0.980. The Morgan fingerprint density at radius 1 is 1.50 bits per heavy atom. The van der Waals surface area contributed by atoms with E-state index in [2.05, 4.69) is 51.6 Å². The zero-order valence-electron chi connectivity index (χ0n) is 16.0. The summed E-state index contributed by atoms with van der Waals surface area (Å²) in [6, 6.07) is 0. The van der Waals surface area contributed by atoms with Gasteiger partial charge in [-0.25, -0.2) is 4.79 Å². The molecule has 144 valence electrons. The summed E-state index contributed by atoms with van der Waals surface area (Å²) in [7, 11) is 0. The zero-order valence-corrected chi connectivity index (χ0v) is 17.8. The van der Waals surface area contributed by atoms with Gasteiger partial charge in [0.1, 0.15) is 6.10 Å². The molecule has 3 rings (SSSR count). The Balaban J connectivity index is 1.82. The normalized spacial score (nSPS) is 21.3. The summed E-state index contributed by atoms with van der Waals surface area (Å²) in [5.41, 5.74) is 3.13. The van der Waals surface area contributed by atoms with Gasteiger partial charge in [0, 0.05) is 28.5 Å². The lowest BCUT2D eigenvalue weighted by molar-refractivity contribution is 0.0589. The SMILES string of the molecule is C/C=C(\CC(C)c1sc2c(c1C(=O)O)CC(C)(C)CC2)N1CC(OS)C1. The predicted molar refractivity (Wildman–Crippen MR) is 109 cm³/mol. The van der Waals surface area contributed by atoms with Crippen molar-refractivity contribution in [2.45, 2.75) is 65.4 Å². The maximum atomic E-state index is 12.1. The van der Waals surface area contributed by atoms with Crippen molar-refractivity contribution in [2.24, 2.45) is 5.41 Å². The van der Waals surface area contributed by atoms with E-state index in [9.17, 15) is 9.90 Å². The number of likely N-dealkylation sites (tertiary alicyclic amines) is 1. The van der Waals surface area contributed by atoms with Crippen molar-refractivity contribution in [1.82, 2.24) is 4.90 Å². The second-order valence-corrected chi connectivity index (χ2v) is 9.75. The van der Waals surface area contributed by atoms with Crippen molar-refractivity contribution in [3.63, 3.8) is 0 Å². The molecule has 2 heterocycles. The van der Waals surface area contributed by atoms with Gasteiger partial charge >= 0.3 is 5.97 Å². The molecule has 1 aromatic rings. The lowest BCUT2D eigenvalue weighted by atomic mass is 9.75. The third-order valence-corrected chi connectivity index (χ3v) is 7.54. The number of aryl methyl sites for hydroxylation is 1. The van der Waals surface area contributed by atoms with Crippen LogP contribution in [0, 0.1) is 5.41 Å². The van der Waals surface area contributed by atoms with Gasteiger partial charge in [0.2, 0.25) is 0 Å². The number of fused-ring (bicyclic) bond motifs is 1. The minimum Gasteiger partial charge on any atom is -0.478 e. The molecule has 1 aromatic heterocycles. The third kappa shape index (κ3) is 3.82. The quantitative estimate of drug-likeness (QED) is 0.531. The number of aromatic carboxylic acids is 1. The number of carboxylic acids is 1. The molecule has 6 heteroatoms. The molecule has 1 N–H and O–H groups in total. The van der Waals surface area contributed by atoms with Crippen molar-refractivity contribution < 1.29 is 14.1 Å². The molecule has 1 aliphatic heterocycles. The second kappa shape index (κ2) is 7.56. The summed E-state index contributed by atoms with van der Waals surface area (Å²) in [6.07, 6.45) is 6.20. The molecule has 0 aromatic carbocycles. The van der Waals surface area contributed by atoms with Crippen molar-refractivity contribution in [3.8, 4) is 0 Å². The standard InChI is InChI=1S/C20H29NO3S2/c1-5-13(21-10-14(11-21)24-25)8-12(2)18-17(19(22)23)15-9-20(3,4)7-6-16(15)26-18/h5,12,14,25H,6-11H2,1-4H3,(H,22,23)/b13-5+. The fourth-order valence-electron chi connectivity index (χ4n) is 4.10. The summed E-state index contributed by atoms with van der Waals surface area (Å²) in [4.78, 5) is 16.7. The first-order chi connectivity index (χ1) is 12.3. The molecule has 1 atom stereocenters. The topological polar surface area (TPSA) is 49.8 Å². The first-order valence-electron chi connectivity index (χ1n) is 9.33. The van der Waals surface area contributed by atoms with Crippen LogP contribution in [0.4, 0.5) is 0 Å². The van der Waals surface area contributed by atoms with E-state index in [0.717, 1.165) is 49.2 Å². The molecule has 0 saturated carbocycles. The maximum absolute atomic E-state index is 12.1. The maximum Gasteiger partial charge on any atom is 0.337 e. The van der Waals surface area contributed by atoms with Gasteiger partial charge in [0.15, 0.2) is 0 Å². The van der Waals surface area contributed by atoms with Crippen LogP contribution in [-0.2, 0) is 17.0 Å². The van der Waals surface area contributed by atoms with Crippen molar-refractivity contribution in [2.75, 3.05) is 13.1 Å². The summed E-state index contributed by atoms with van der Waals surface area (Å²) in [5.74, 6) is -0.571. The Labute approximate surface area is 165 Å². The summed E-state index contributed by atoms with van der Waals surface area (Å²) < 4.78 is 5.08. The summed E-state index contributed by atoms with van der Waals surface area (Å²) >= 11 is 5.62. The van der Waals surface area contributed by atoms with E-state index in [-0.39, 0.29) is 17.4 Å². The van der Waals surface area contributed by atoms with Crippen LogP contribution in [-0.4, -0.2) is 35.2 Å². The highest BCUT2D eigenvalue weighted by Gasteiger charge is 2.35. The van der Waals surface area contributed by atoms with E-state index < -0.39 is 5.97 Å². The van der Waals surface area contributed by atoms with E-state index in [0.29, 0.717) is 5.56 Å². The highest BCUT2D eigenvalue weighted by molar-refractivity contribution is 7.75. The zero-order chi connectivity index (χ0) is 19.1. The van der Waals surface area contributed by atoms with Crippen LogP contribution in [0.2, 0.25) is 0 Å². The number of hydrogen-bond acceptors (Lipinski definition) is 5. The fraction of sp³-hybridized carbons (Fsp3) is 0.650. The smallest absolute Gasteiger partial charge is 0.337 e. The van der Waals surface area contributed by atoms with Crippen LogP contribution in [0.5, 0.6) is 0 Å². The lowest BCUT2D eigenvalue weighted by Crippen LogP contribution is -2.50. The van der Waals surface area contributed by atoms with Gasteiger partial charge in [0.25, 0.3) is 0 Å². The first kappa shape index (κ1) is 19.8. The monoisotopic (exact) mass is 395 g/mol. The van der Waals surface area contributed by atoms with Crippen molar-refractivity contribution in [3.05, 3.63) is 32.7 Å². The van der Waals surface area contributed by atoms with Gasteiger partial charge in [-0.1, -0.05) is 26.8 Å². The molecular formula is C20H29NO3S2. The van der Waals surface area contributed by atoms with Crippen molar-refractivity contribution >= 4 is 30.2 Å². The van der Waals surface area contributed by atoms with Gasteiger partial charge < -0.3 is 14.2 Å². The first-order valence-corrected chi connectivity index (χ1v) is 10.5. The highest BCUT2D eigenvalue weighted by Crippen LogP contribution is 2.45.